The molecule has 0 saturated carbocycles. The summed E-state index contributed by atoms with van der Waals surface area (Å²) in [4.78, 5) is 25.7. The van der Waals surface area contributed by atoms with Crippen LogP contribution in [-0.2, 0) is 0 Å². The number of aromatic nitrogens is 12. The summed E-state index contributed by atoms with van der Waals surface area (Å²) in [5, 5.41) is 0. The van der Waals surface area contributed by atoms with Crippen molar-refractivity contribution in [3.8, 4) is 0 Å². The van der Waals surface area contributed by atoms with Crippen LogP contribution in [0.2, 0.25) is 0 Å². The molecule has 8 aromatic heterocycles. The van der Waals surface area contributed by atoms with E-state index in [0.29, 0.717) is 0 Å². The van der Waals surface area contributed by atoms with Gasteiger partial charge in [0, 0.05) is 74.4 Å². The lowest BCUT2D eigenvalue weighted by Crippen LogP contribution is -2.02. The Morgan fingerprint density at radius 2 is 0.484 bits per heavy atom. The maximum atomic E-state index is 4.28. The smallest absolute Gasteiger partial charge is 0.223 e. The number of nitrogens with zero attached hydrogens (tertiary/aromatic N) is 12. The highest BCUT2D eigenvalue weighted by Gasteiger charge is 2.10. The zero-order valence-electron chi connectivity index (χ0n) is 15.8. The van der Waals surface area contributed by atoms with E-state index in [1.54, 1.807) is 37.2 Å². The largest absolute Gasteiger partial charge is 0.412 e. The summed E-state index contributed by atoms with van der Waals surface area (Å²) in [6.45, 7) is 0. The molecule has 2 N–H and O–H groups in total. The number of fused-ring (bicyclic) bond motifs is 12. The molecule has 0 aliphatic heterocycles. The first-order chi connectivity index (χ1) is 14.9. The number of imidazole rings is 6. The van der Waals surface area contributed by atoms with E-state index in [2.05, 4.69) is 29.9 Å². The Morgan fingerprint density at radius 1 is 0.323 bits per heavy atom. The van der Waals surface area contributed by atoms with Crippen molar-refractivity contribution in [2.24, 2.45) is 0 Å². The molecule has 0 fully saturated rings. The van der Waals surface area contributed by atoms with Gasteiger partial charge in [0.15, 0.2) is 0 Å². The van der Waals surface area contributed by atoms with E-state index in [1.807, 2.05) is 63.6 Å². The van der Waals surface area contributed by atoms with Crippen LogP contribution in [0.4, 0.5) is 0 Å². The Bertz CT molecular complexity index is 1300. The fourth-order valence-corrected chi connectivity index (χ4v) is 3.78. The summed E-state index contributed by atoms with van der Waals surface area (Å²) in [6.07, 6.45) is 21.8. The minimum atomic E-state index is 0. The third-order valence-corrected chi connectivity index (χ3v) is 5.02. The molecule has 0 unspecified atom stereocenters. The van der Waals surface area contributed by atoms with E-state index < -0.39 is 0 Å². The van der Waals surface area contributed by atoms with Gasteiger partial charge in [0.05, 0.1) is 0 Å². The average molecular weight is 414 g/mol. The molecule has 0 radical (unpaired) electrons. The second-order valence-corrected chi connectivity index (χ2v) is 6.58. The highest BCUT2D eigenvalue weighted by molar-refractivity contribution is 5.54. The highest BCUT2D eigenvalue weighted by atomic mass is 16.0. The predicted octanol–water partition coefficient (Wildman–Crippen LogP) is 0.435. The molecule has 0 bridgehead atoms. The van der Waals surface area contributed by atoms with Crippen LogP contribution >= 0.6 is 0 Å². The Hall–Kier alpha value is -4.78. The van der Waals surface area contributed by atoms with E-state index in [4.69, 9.17) is 0 Å². The Balaban J connectivity index is 0.000000116. The first kappa shape index (κ1) is 17.1. The fourth-order valence-electron chi connectivity index (χ4n) is 3.78. The van der Waals surface area contributed by atoms with Crippen molar-refractivity contribution in [3.05, 3.63) is 74.4 Å². The molecule has 0 atom stereocenters. The SMILES string of the molecule is O.c1cn2c(n1)n1ccnc1n1ccnc21.c1cn2c(n1)n1ccnc1n1ccnc21. The van der Waals surface area contributed by atoms with E-state index in [-0.39, 0.29) is 5.48 Å². The molecule has 0 spiro atoms. The summed E-state index contributed by atoms with van der Waals surface area (Å²) in [5.74, 6) is 4.92. The van der Waals surface area contributed by atoms with Crippen LogP contribution < -0.4 is 0 Å². The number of hydrogen-bond donors (Lipinski definition) is 0. The van der Waals surface area contributed by atoms with E-state index >= 15 is 0 Å². The van der Waals surface area contributed by atoms with Gasteiger partial charge in [-0.3, -0.25) is 26.4 Å². The van der Waals surface area contributed by atoms with Crippen molar-refractivity contribution >= 4 is 34.7 Å². The Morgan fingerprint density at radius 3 is 0.645 bits per heavy atom. The molecule has 8 heterocycles. The normalized spacial score (nSPS) is 11.6. The molecule has 31 heavy (non-hydrogen) atoms. The second-order valence-electron chi connectivity index (χ2n) is 6.58. The van der Waals surface area contributed by atoms with Crippen LogP contribution in [-0.4, -0.2) is 61.8 Å². The summed E-state index contributed by atoms with van der Waals surface area (Å²) < 4.78 is 11.6. The van der Waals surface area contributed by atoms with Gasteiger partial charge < -0.3 is 5.48 Å². The lowest BCUT2D eigenvalue weighted by atomic mass is 10.8. The molecule has 152 valence electrons. The molecular weight excluding hydrogens is 400 g/mol. The van der Waals surface area contributed by atoms with Crippen molar-refractivity contribution in [3.63, 3.8) is 0 Å². The average Bonchev–Trinajstić information content (AvgIpc) is 3.56. The molecule has 0 aromatic carbocycles. The van der Waals surface area contributed by atoms with Crippen LogP contribution in [0.1, 0.15) is 0 Å². The molecule has 0 aliphatic rings. The first-order valence-corrected chi connectivity index (χ1v) is 9.12. The zero-order chi connectivity index (χ0) is 19.7. The predicted molar refractivity (Wildman–Crippen MR) is 109 cm³/mol. The van der Waals surface area contributed by atoms with Gasteiger partial charge in [-0.25, -0.2) is 29.9 Å². The van der Waals surface area contributed by atoms with Gasteiger partial charge in [-0.05, 0) is 0 Å². The van der Waals surface area contributed by atoms with E-state index in [0.717, 1.165) is 34.7 Å². The van der Waals surface area contributed by atoms with E-state index in [1.165, 1.54) is 0 Å². The van der Waals surface area contributed by atoms with Gasteiger partial charge in [0.25, 0.3) is 0 Å². The van der Waals surface area contributed by atoms with Crippen LogP contribution in [0.5, 0.6) is 0 Å². The maximum Gasteiger partial charge on any atom is 0.223 e. The van der Waals surface area contributed by atoms with Crippen molar-refractivity contribution in [2.75, 3.05) is 0 Å². The van der Waals surface area contributed by atoms with Crippen molar-refractivity contribution in [1.82, 2.24) is 56.3 Å². The monoisotopic (exact) mass is 414 g/mol. The van der Waals surface area contributed by atoms with Crippen molar-refractivity contribution < 1.29 is 5.48 Å². The topological polar surface area (TPSA) is 135 Å². The minimum absolute atomic E-state index is 0. The summed E-state index contributed by atoms with van der Waals surface area (Å²) in [7, 11) is 0. The molecular formula is C18H14N12O. The Labute approximate surface area is 171 Å². The van der Waals surface area contributed by atoms with Gasteiger partial charge >= 0.3 is 0 Å². The first-order valence-electron chi connectivity index (χ1n) is 9.12. The summed E-state index contributed by atoms with van der Waals surface area (Å²) in [5.41, 5.74) is 0. The quantitative estimate of drug-likeness (QED) is 0.353. The van der Waals surface area contributed by atoms with Gasteiger partial charge in [-0.15, -0.1) is 0 Å². The Kier molecular flexibility index (Phi) is 3.37. The van der Waals surface area contributed by atoms with Gasteiger partial charge in [0.2, 0.25) is 34.7 Å². The van der Waals surface area contributed by atoms with Crippen molar-refractivity contribution in [1.29, 1.82) is 0 Å². The lowest BCUT2D eigenvalue weighted by Gasteiger charge is -2.01. The van der Waals surface area contributed by atoms with Crippen molar-refractivity contribution in [2.45, 2.75) is 0 Å². The molecule has 0 saturated heterocycles. The molecule has 8 aromatic rings. The van der Waals surface area contributed by atoms with Crippen LogP contribution in [0, 0.1) is 0 Å². The van der Waals surface area contributed by atoms with E-state index in [9.17, 15) is 0 Å². The fraction of sp³-hybridized carbons (Fsp3) is 0. The third-order valence-electron chi connectivity index (χ3n) is 5.02. The van der Waals surface area contributed by atoms with Gasteiger partial charge in [-0.2, -0.15) is 0 Å². The molecule has 0 aliphatic carbocycles. The van der Waals surface area contributed by atoms with Gasteiger partial charge in [0.1, 0.15) is 0 Å². The maximum absolute atomic E-state index is 4.28. The summed E-state index contributed by atoms with van der Waals surface area (Å²) >= 11 is 0. The third kappa shape index (κ3) is 2.17. The second kappa shape index (κ2) is 6.11. The van der Waals surface area contributed by atoms with Crippen LogP contribution in [0.25, 0.3) is 34.7 Å². The molecule has 13 heteroatoms. The standard InChI is InChI=1S/2C9H6N6.H2O/c2*1-4-13-7(10-1)14-5-2-12-9(14)15-6-3-11-8(13)15;/h2*1-6H;1H2. The molecule has 13 nitrogen and oxygen atoms in total. The zero-order valence-corrected chi connectivity index (χ0v) is 15.8. The molecule has 8 rings (SSSR count). The minimum Gasteiger partial charge on any atom is -0.412 e. The highest BCUT2D eigenvalue weighted by Crippen LogP contribution is 2.12. The number of hydrogen-bond acceptors (Lipinski definition) is 6. The summed E-state index contributed by atoms with van der Waals surface area (Å²) in [6, 6.07) is 0. The lowest BCUT2D eigenvalue weighted by molar-refractivity contribution is 0.824. The molecule has 0 amide bonds. The van der Waals surface area contributed by atoms with Crippen LogP contribution in [0.15, 0.2) is 74.4 Å². The van der Waals surface area contributed by atoms with Gasteiger partial charge in [-0.1, -0.05) is 0 Å². The van der Waals surface area contributed by atoms with Crippen LogP contribution in [0.3, 0.4) is 0 Å². The number of rotatable bonds is 0.